The van der Waals surface area contributed by atoms with E-state index in [1.807, 2.05) is 83.6 Å². The number of para-hydroxylation sites is 1. The summed E-state index contributed by atoms with van der Waals surface area (Å²) in [6, 6.07) is 21.3. The number of amides is 1. The summed E-state index contributed by atoms with van der Waals surface area (Å²) in [7, 11) is 1.64. The average molecular weight is 375 g/mol. The minimum atomic E-state index is -0.142. The summed E-state index contributed by atoms with van der Waals surface area (Å²) in [5, 5.41) is 3.40. The van der Waals surface area contributed by atoms with Gasteiger partial charge in [0, 0.05) is 17.6 Å². The van der Waals surface area contributed by atoms with Crippen LogP contribution in [0.1, 0.15) is 5.69 Å². The molecule has 2 heterocycles. The van der Waals surface area contributed by atoms with Crippen LogP contribution in [0.15, 0.2) is 82.8 Å². The number of carbonyl (C=O) groups is 1. The van der Waals surface area contributed by atoms with Crippen molar-refractivity contribution >= 4 is 34.6 Å². The van der Waals surface area contributed by atoms with E-state index in [-0.39, 0.29) is 5.91 Å². The van der Waals surface area contributed by atoms with E-state index in [1.165, 1.54) is 11.8 Å². The second kappa shape index (κ2) is 7.55. The number of carbonyl (C=O) groups excluding carboxylic acids is 1. The Morgan fingerprint density at radius 1 is 1.04 bits per heavy atom. The number of hydrogen-bond acceptors (Lipinski definition) is 4. The van der Waals surface area contributed by atoms with E-state index in [2.05, 4.69) is 10.3 Å². The van der Waals surface area contributed by atoms with Gasteiger partial charge in [-0.25, -0.2) is 4.99 Å². The van der Waals surface area contributed by atoms with E-state index in [9.17, 15) is 4.79 Å². The Morgan fingerprint density at radius 2 is 1.81 bits per heavy atom. The van der Waals surface area contributed by atoms with Gasteiger partial charge in [-0.2, -0.15) is 0 Å². The molecule has 1 N–H and O–H groups in total. The van der Waals surface area contributed by atoms with Crippen molar-refractivity contribution in [2.75, 3.05) is 7.11 Å². The maximum Gasteiger partial charge on any atom is 0.264 e. The zero-order valence-electron chi connectivity index (χ0n) is 14.6. The highest BCUT2D eigenvalue weighted by molar-refractivity contribution is 8.18. The summed E-state index contributed by atoms with van der Waals surface area (Å²) in [6.45, 7) is 0. The van der Waals surface area contributed by atoms with Gasteiger partial charge in [0.15, 0.2) is 5.17 Å². The van der Waals surface area contributed by atoms with Gasteiger partial charge in [0.1, 0.15) is 5.75 Å². The van der Waals surface area contributed by atoms with Gasteiger partial charge in [0.05, 0.1) is 17.7 Å². The highest BCUT2D eigenvalue weighted by Gasteiger charge is 2.24. The van der Waals surface area contributed by atoms with Crippen molar-refractivity contribution in [2.45, 2.75) is 0 Å². The first kappa shape index (κ1) is 17.2. The van der Waals surface area contributed by atoms with Crippen LogP contribution in [0.5, 0.6) is 5.75 Å². The number of nitrogens with one attached hydrogen (secondary N) is 1. The van der Waals surface area contributed by atoms with E-state index in [1.54, 1.807) is 7.11 Å². The lowest BCUT2D eigenvalue weighted by atomic mass is 10.3. The maximum atomic E-state index is 12.3. The Kier molecular flexibility index (Phi) is 4.80. The fourth-order valence-electron chi connectivity index (χ4n) is 2.72. The van der Waals surface area contributed by atoms with Gasteiger partial charge in [0.25, 0.3) is 5.91 Å². The Balaban J connectivity index is 1.60. The molecule has 134 valence electrons. The van der Waals surface area contributed by atoms with Crippen molar-refractivity contribution in [1.29, 1.82) is 0 Å². The van der Waals surface area contributed by atoms with Crippen LogP contribution in [0.3, 0.4) is 0 Å². The molecule has 5 nitrogen and oxygen atoms in total. The number of ether oxygens (including phenoxy) is 1. The molecular formula is C21H17N3O2S. The molecule has 1 aromatic heterocycles. The Labute approximate surface area is 161 Å². The number of rotatable bonds is 4. The fraction of sp³-hybridized carbons (Fsp3) is 0.0476. The van der Waals surface area contributed by atoms with Crippen LogP contribution in [0.4, 0.5) is 5.69 Å². The molecule has 1 aliphatic heterocycles. The third-order valence-electron chi connectivity index (χ3n) is 4.05. The number of aromatic nitrogens is 1. The van der Waals surface area contributed by atoms with Gasteiger partial charge in [-0.15, -0.1) is 0 Å². The maximum absolute atomic E-state index is 12.3. The van der Waals surface area contributed by atoms with Crippen LogP contribution in [0.2, 0.25) is 0 Å². The number of methoxy groups -OCH3 is 1. The molecular weight excluding hydrogens is 358 g/mol. The summed E-state index contributed by atoms with van der Waals surface area (Å²) in [6.07, 6.45) is 3.84. The zero-order chi connectivity index (χ0) is 18.6. The standard InChI is InChI=1S/C21H17N3O2S/c1-26-18-11-9-16(10-12-18)24-13-5-8-17(24)14-19-20(25)23-21(27-19)22-15-6-3-2-4-7-15/h2-14H,1H3,(H,22,23,25)/b19-14-. The number of nitrogens with zero attached hydrogens (tertiary/aromatic N) is 2. The Bertz CT molecular complexity index is 1020. The third-order valence-corrected chi connectivity index (χ3v) is 4.96. The quantitative estimate of drug-likeness (QED) is 0.689. The molecule has 0 spiro atoms. The highest BCUT2D eigenvalue weighted by Crippen LogP contribution is 2.29. The van der Waals surface area contributed by atoms with Crippen molar-refractivity contribution in [2.24, 2.45) is 4.99 Å². The average Bonchev–Trinajstić information content (AvgIpc) is 3.29. The van der Waals surface area contributed by atoms with E-state index < -0.39 is 0 Å². The molecule has 4 rings (SSSR count). The smallest absolute Gasteiger partial charge is 0.264 e. The van der Waals surface area contributed by atoms with Crippen LogP contribution >= 0.6 is 11.8 Å². The third kappa shape index (κ3) is 3.80. The fourth-order valence-corrected chi connectivity index (χ4v) is 3.55. The van der Waals surface area contributed by atoms with Gasteiger partial charge in [-0.3, -0.25) is 4.79 Å². The molecule has 0 saturated carbocycles. The predicted octanol–water partition coefficient (Wildman–Crippen LogP) is 4.38. The van der Waals surface area contributed by atoms with E-state index in [4.69, 9.17) is 4.74 Å². The minimum absolute atomic E-state index is 0.142. The van der Waals surface area contributed by atoms with Crippen molar-refractivity contribution in [3.63, 3.8) is 0 Å². The second-order valence-electron chi connectivity index (χ2n) is 5.82. The molecule has 0 bridgehead atoms. The van der Waals surface area contributed by atoms with Gasteiger partial charge in [-0.1, -0.05) is 18.2 Å². The predicted molar refractivity (Wildman–Crippen MR) is 110 cm³/mol. The molecule has 3 aromatic rings. The normalized spacial score (nSPS) is 16.7. The molecule has 1 saturated heterocycles. The SMILES string of the molecule is COc1ccc(-n2cccc2/C=C2\SC(=Nc3ccccc3)NC2=O)cc1. The lowest BCUT2D eigenvalue weighted by molar-refractivity contribution is -0.115. The molecule has 1 amide bonds. The van der Waals surface area contributed by atoms with E-state index in [0.29, 0.717) is 10.1 Å². The molecule has 27 heavy (non-hydrogen) atoms. The molecule has 0 radical (unpaired) electrons. The van der Waals surface area contributed by atoms with Crippen molar-refractivity contribution in [1.82, 2.24) is 9.88 Å². The lowest BCUT2D eigenvalue weighted by Gasteiger charge is -2.08. The van der Waals surface area contributed by atoms with Crippen LogP contribution in [-0.2, 0) is 4.79 Å². The van der Waals surface area contributed by atoms with E-state index in [0.717, 1.165) is 22.8 Å². The summed E-state index contributed by atoms with van der Waals surface area (Å²) in [4.78, 5) is 17.4. The summed E-state index contributed by atoms with van der Waals surface area (Å²) in [5.41, 5.74) is 2.72. The largest absolute Gasteiger partial charge is 0.497 e. The molecule has 6 heteroatoms. The first-order chi connectivity index (χ1) is 13.2. The van der Waals surface area contributed by atoms with Crippen molar-refractivity contribution in [3.05, 3.63) is 83.5 Å². The van der Waals surface area contributed by atoms with Crippen LogP contribution in [0.25, 0.3) is 11.8 Å². The summed E-state index contributed by atoms with van der Waals surface area (Å²) >= 11 is 1.34. The van der Waals surface area contributed by atoms with E-state index >= 15 is 0 Å². The number of thioether (sulfide) groups is 1. The Hall–Kier alpha value is -3.25. The van der Waals surface area contributed by atoms with Crippen molar-refractivity contribution in [3.8, 4) is 11.4 Å². The Morgan fingerprint density at radius 3 is 2.56 bits per heavy atom. The van der Waals surface area contributed by atoms with Crippen LogP contribution in [-0.4, -0.2) is 22.8 Å². The van der Waals surface area contributed by atoms with Gasteiger partial charge in [0.2, 0.25) is 0 Å². The molecule has 2 aromatic carbocycles. The highest BCUT2D eigenvalue weighted by atomic mass is 32.2. The molecule has 1 aliphatic rings. The summed E-state index contributed by atoms with van der Waals surface area (Å²) < 4.78 is 7.23. The van der Waals surface area contributed by atoms with Crippen LogP contribution < -0.4 is 10.1 Å². The molecule has 0 atom stereocenters. The van der Waals surface area contributed by atoms with Gasteiger partial charge < -0.3 is 14.6 Å². The number of aliphatic imine (C=N–C) groups is 1. The first-order valence-electron chi connectivity index (χ1n) is 8.39. The zero-order valence-corrected chi connectivity index (χ0v) is 15.4. The second-order valence-corrected chi connectivity index (χ2v) is 6.85. The van der Waals surface area contributed by atoms with Crippen LogP contribution in [0, 0.1) is 0 Å². The molecule has 1 fully saturated rings. The van der Waals surface area contributed by atoms with Crippen molar-refractivity contribution < 1.29 is 9.53 Å². The van der Waals surface area contributed by atoms with Gasteiger partial charge in [-0.05, 0) is 66.4 Å². The first-order valence-corrected chi connectivity index (χ1v) is 9.21. The monoisotopic (exact) mass is 375 g/mol. The number of hydrogen-bond donors (Lipinski definition) is 1. The summed E-state index contributed by atoms with van der Waals surface area (Å²) in [5.74, 6) is 0.662. The topological polar surface area (TPSA) is 55.6 Å². The molecule has 0 unspecified atom stereocenters. The molecule has 0 aliphatic carbocycles. The number of benzene rings is 2. The van der Waals surface area contributed by atoms with Gasteiger partial charge >= 0.3 is 0 Å². The lowest BCUT2D eigenvalue weighted by Crippen LogP contribution is -2.19. The number of amidine groups is 1. The minimum Gasteiger partial charge on any atom is -0.497 e.